The maximum atomic E-state index is 9.24. The molecule has 0 spiro atoms. The number of ether oxygens (including phenoxy) is 1. The van der Waals surface area contributed by atoms with E-state index >= 15 is 0 Å². The normalized spacial score (nSPS) is 16.4. The molecule has 2 aromatic rings. The lowest BCUT2D eigenvalue weighted by molar-refractivity contribution is 0.0903. The standard InChI is InChI=1S/C15H17N3O/c1-11-12(10-16)9-14-3-2-6-18(14)15(11)17-13-4-7-19-8-5-13/h2-3,6,9,13,17H,4-5,7-8H2,1H3. The summed E-state index contributed by atoms with van der Waals surface area (Å²) in [4.78, 5) is 0. The molecule has 3 rings (SSSR count). The van der Waals surface area contributed by atoms with E-state index in [0.29, 0.717) is 6.04 Å². The van der Waals surface area contributed by atoms with Crippen LogP contribution in [0.25, 0.3) is 5.52 Å². The third-order valence-electron chi connectivity index (χ3n) is 3.76. The van der Waals surface area contributed by atoms with Crippen LogP contribution in [0.1, 0.15) is 24.0 Å². The third-order valence-corrected chi connectivity index (χ3v) is 3.76. The average Bonchev–Trinajstić information content (AvgIpc) is 2.91. The molecule has 2 aromatic heterocycles. The molecule has 0 saturated carbocycles. The molecule has 0 bridgehead atoms. The Hall–Kier alpha value is -1.99. The quantitative estimate of drug-likeness (QED) is 0.897. The van der Waals surface area contributed by atoms with E-state index in [2.05, 4.69) is 15.8 Å². The number of fused-ring (bicyclic) bond motifs is 1. The molecular formula is C15H17N3O. The van der Waals surface area contributed by atoms with Gasteiger partial charge in [-0.05, 0) is 38.0 Å². The smallest absolute Gasteiger partial charge is 0.114 e. The van der Waals surface area contributed by atoms with Crippen LogP contribution in [-0.4, -0.2) is 23.7 Å². The molecular weight excluding hydrogens is 238 g/mol. The molecule has 1 saturated heterocycles. The SMILES string of the molecule is Cc1c(C#N)cc2cccn2c1NC1CCOCC1. The van der Waals surface area contributed by atoms with E-state index in [1.165, 1.54) is 0 Å². The van der Waals surface area contributed by atoms with Crippen LogP contribution in [0.4, 0.5) is 5.82 Å². The van der Waals surface area contributed by atoms with Crippen molar-refractivity contribution in [2.24, 2.45) is 0 Å². The summed E-state index contributed by atoms with van der Waals surface area (Å²) in [5.41, 5.74) is 2.80. The Balaban J connectivity index is 2.02. The second-order valence-electron chi connectivity index (χ2n) is 4.98. The Labute approximate surface area is 112 Å². The van der Waals surface area contributed by atoms with Crippen molar-refractivity contribution in [1.82, 2.24) is 4.40 Å². The third kappa shape index (κ3) is 2.18. The summed E-state index contributed by atoms with van der Waals surface area (Å²) in [5.74, 6) is 1.03. The number of nitrogens with one attached hydrogen (secondary N) is 1. The summed E-state index contributed by atoms with van der Waals surface area (Å²) in [5, 5.41) is 12.8. The highest BCUT2D eigenvalue weighted by Crippen LogP contribution is 2.25. The van der Waals surface area contributed by atoms with Crippen molar-refractivity contribution in [2.45, 2.75) is 25.8 Å². The van der Waals surface area contributed by atoms with Gasteiger partial charge in [-0.2, -0.15) is 5.26 Å². The van der Waals surface area contributed by atoms with Gasteiger partial charge < -0.3 is 14.5 Å². The van der Waals surface area contributed by atoms with Gasteiger partial charge in [-0.3, -0.25) is 0 Å². The molecule has 4 heteroatoms. The molecule has 0 radical (unpaired) electrons. The van der Waals surface area contributed by atoms with Crippen molar-refractivity contribution >= 4 is 11.3 Å². The topological polar surface area (TPSA) is 49.5 Å². The molecule has 98 valence electrons. The number of aromatic nitrogens is 1. The van der Waals surface area contributed by atoms with E-state index in [9.17, 15) is 5.26 Å². The van der Waals surface area contributed by atoms with E-state index in [1.54, 1.807) is 0 Å². The van der Waals surface area contributed by atoms with Gasteiger partial charge in [-0.15, -0.1) is 0 Å². The summed E-state index contributed by atoms with van der Waals surface area (Å²) < 4.78 is 7.50. The number of hydrogen-bond donors (Lipinski definition) is 1. The molecule has 1 aliphatic rings. The minimum Gasteiger partial charge on any atom is -0.381 e. The molecule has 0 aromatic carbocycles. The van der Waals surface area contributed by atoms with Crippen LogP contribution in [-0.2, 0) is 4.74 Å². The first-order valence-corrected chi connectivity index (χ1v) is 6.64. The van der Waals surface area contributed by atoms with E-state index in [-0.39, 0.29) is 0 Å². The second kappa shape index (κ2) is 4.94. The Morgan fingerprint density at radius 1 is 1.42 bits per heavy atom. The van der Waals surface area contributed by atoms with Gasteiger partial charge in [0.15, 0.2) is 0 Å². The van der Waals surface area contributed by atoms with Crippen LogP contribution < -0.4 is 5.32 Å². The fourth-order valence-corrected chi connectivity index (χ4v) is 2.61. The lowest BCUT2D eigenvalue weighted by Gasteiger charge is -2.26. The van der Waals surface area contributed by atoms with Crippen molar-refractivity contribution in [2.75, 3.05) is 18.5 Å². The second-order valence-corrected chi connectivity index (χ2v) is 4.98. The maximum absolute atomic E-state index is 9.24. The Bertz CT molecular complexity index is 633. The fourth-order valence-electron chi connectivity index (χ4n) is 2.61. The molecule has 0 unspecified atom stereocenters. The van der Waals surface area contributed by atoms with Gasteiger partial charge in [0.05, 0.1) is 11.6 Å². The zero-order valence-corrected chi connectivity index (χ0v) is 11.0. The Morgan fingerprint density at radius 2 is 2.21 bits per heavy atom. The van der Waals surface area contributed by atoms with Crippen molar-refractivity contribution in [3.05, 3.63) is 35.5 Å². The van der Waals surface area contributed by atoms with Crippen LogP contribution in [0.3, 0.4) is 0 Å². The van der Waals surface area contributed by atoms with Gasteiger partial charge >= 0.3 is 0 Å². The largest absolute Gasteiger partial charge is 0.381 e. The summed E-state index contributed by atoms with van der Waals surface area (Å²) in [6, 6.07) is 8.66. The lowest BCUT2D eigenvalue weighted by Crippen LogP contribution is -2.29. The number of hydrogen-bond acceptors (Lipinski definition) is 3. The maximum Gasteiger partial charge on any atom is 0.114 e. The van der Waals surface area contributed by atoms with Gasteiger partial charge in [0.25, 0.3) is 0 Å². The first kappa shape index (κ1) is 12.1. The van der Waals surface area contributed by atoms with Crippen LogP contribution >= 0.6 is 0 Å². The lowest BCUT2D eigenvalue weighted by atomic mass is 10.1. The van der Waals surface area contributed by atoms with Crippen molar-refractivity contribution in [3.8, 4) is 6.07 Å². The molecule has 0 atom stereocenters. The summed E-state index contributed by atoms with van der Waals surface area (Å²) >= 11 is 0. The summed E-state index contributed by atoms with van der Waals surface area (Å²) in [6.45, 7) is 3.62. The van der Waals surface area contributed by atoms with Crippen molar-refractivity contribution in [3.63, 3.8) is 0 Å². The molecule has 0 aliphatic carbocycles. The number of anilines is 1. The molecule has 0 amide bonds. The number of pyridine rings is 1. The number of nitrogens with zero attached hydrogens (tertiary/aromatic N) is 2. The van der Waals surface area contributed by atoms with E-state index in [0.717, 1.165) is 48.5 Å². The molecule has 3 heterocycles. The number of rotatable bonds is 2. The zero-order chi connectivity index (χ0) is 13.2. The Morgan fingerprint density at radius 3 is 2.95 bits per heavy atom. The van der Waals surface area contributed by atoms with Gasteiger partial charge in [0, 0.05) is 36.5 Å². The van der Waals surface area contributed by atoms with Crippen LogP contribution in [0.2, 0.25) is 0 Å². The molecule has 1 fully saturated rings. The van der Waals surface area contributed by atoms with Gasteiger partial charge in [0.2, 0.25) is 0 Å². The fraction of sp³-hybridized carbons (Fsp3) is 0.400. The predicted octanol–water partition coefficient (Wildman–Crippen LogP) is 2.71. The highest BCUT2D eigenvalue weighted by molar-refractivity contribution is 5.65. The van der Waals surface area contributed by atoms with Crippen LogP contribution in [0, 0.1) is 18.3 Å². The first-order chi connectivity index (χ1) is 9.29. The van der Waals surface area contributed by atoms with E-state index < -0.39 is 0 Å². The highest BCUT2D eigenvalue weighted by atomic mass is 16.5. The first-order valence-electron chi connectivity index (χ1n) is 6.64. The summed E-state index contributed by atoms with van der Waals surface area (Å²) in [7, 11) is 0. The average molecular weight is 255 g/mol. The summed E-state index contributed by atoms with van der Waals surface area (Å²) in [6.07, 6.45) is 4.06. The number of nitriles is 1. The minimum absolute atomic E-state index is 0.423. The molecule has 1 N–H and O–H groups in total. The molecule has 1 aliphatic heterocycles. The van der Waals surface area contributed by atoms with Crippen LogP contribution in [0.15, 0.2) is 24.4 Å². The van der Waals surface area contributed by atoms with E-state index in [1.807, 2.05) is 31.3 Å². The van der Waals surface area contributed by atoms with Crippen molar-refractivity contribution in [1.29, 1.82) is 5.26 Å². The highest BCUT2D eigenvalue weighted by Gasteiger charge is 2.17. The van der Waals surface area contributed by atoms with E-state index in [4.69, 9.17) is 4.74 Å². The zero-order valence-electron chi connectivity index (χ0n) is 11.0. The van der Waals surface area contributed by atoms with Gasteiger partial charge in [0.1, 0.15) is 5.82 Å². The Kier molecular flexibility index (Phi) is 3.14. The molecule has 19 heavy (non-hydrogen) atoms. The van der Waals surface area contributed by atoms with Gasteiger partial charge in [-0.25, -0.2) is 0 Å². The molecule has 4 nitrogen and oxygen atoms in total. The van der Waals surface area contributed by atoms with Gasteiger partial charge in [-0.1, -0.05) is 0 Å². The monoisotopic (exact) mass is 255 g/mol. The van der Waals surface area contributed by atoms with Crippen molar-refractivity contribution < 1.29 is 4.74 Å². The minimum atomic E-state index is 0.423. The predicted molar refractivity (Wildman–Crippen MR) is 74.3 cm³/mol. The van der Waals surface area contributed by atoms with Crippen LogP contribution in [0.5, 0.6) is 0 Å².